The van der Waals surface area contributed by atoms with E-state index in [-0.39, 0.29) is 11.8 Å². The molecule has 4 heterocycles. The standard InChI is InChI=1S/C30H30FN7O/c1-5-18(10-21(31)6-2)24-15-33-16-26-28(24)36-30(35-26)29-23-12-19(7-8-25(23)37-38-29)20-11-22(14-32-13-20)34-27(39)9-17(3)4/h5-8,10-15,17,33H,2,9,16H2,1,3-4H3,(H,34,39)(H,35,36)(H,37,38)/b18-5+,21-10+. The first kappa shape index (κ1) is 25.8. The van der Waals surface area contributed by atoms with E-state index in [1.165, 1.54) is 12.2 Å². The van der Waals surface area contributed by atoms with Gasteiger partial charge in [-0.25, -0.2) is 9.37 Å². The van der Waals surface area contributed by atoms with Crippen LogP contribution in [0.5, 0.6) is 0 Å². The monoisotopic (exact) mass is 523 g/mol. The number of hydrogen-bond donors (Lipinski definition) is 4. The van der Waals surface area contributed by atoms with Gasteiger partial charge < -0.3 is 15.6 Å². The van der Waals surface area contributed by atoms with Crippen LogP contribution in [-0.2, 0) is 11.3 Å². The maximum absolute atomic E-state index is 14.0. The van der Waals surface area contributed by atoms with Crippen LogP contribution in [0, 0.1) is 5.92 Å². The predicted octanol–water partition coefficient (Wildman–Crippen LogP) is 6.43. The summed E-state index contributed by atoms with van der Waals surface area (Å²) in [6, 6.07) is 7.88. The molecule has 0 fully saturated rings. The molecule has 4 N–H and O–H groups in total. The number of allylic oxidation sites excluding steroid dienone is 6. The lowest BCUT2D eigenvalue weighted by Gasteiger charge is -2.14. The molecule has 5 rings (SSSR count). The van der Waals surface area contributed by atoms with Gasteiger partial charge in [-0.2, -0.15) is 5.10 Å². The molecule has 9 heteroatoms. The number of aromatic amines is 2. The van der Waals surface area contributed by atoms with Gasteiger partial charge in [-0.3, -0.25) is 14.9 Å². The maximum Gasteiger partial charge on any atom is 0.224 e. The Morgan fingerprint density at radius 1 is 1.21 bits per heavy atom. The van der Waals surface area contributed by atoms with Crippen LogP contribution in [0.2, 0.25) is 0 Å². The first-order valence-electron chi connectivity index (χ1n) is 12.8. The fourth-order valence-corrected chi connectivity index (χ4v) is 4.56. The third kappa shape index (κ3) is 5.43. The van der Waals surface area contributed by atoms with Crippen LogP contribution in [0.15, 0.2) is 79.1 Å². The van der Waals surface area contributed by atoms with E-state index in [1.807, 2.05) is 57.3 Å². The molecule has 1 aromatic carbocycles. The van der Waals surface area contributed by atoms with Gasteiger partial charge in [0.1, 0.15) is 11.5 Å². The molecule has 0 saturated carbocycles. The largest absolute Gasteiger partial charge is 0.385 e. The lowest BCUT2D eigenvalue weighted by molar-refractivity contribution is -0.116. The van der Waals surface area contributed by atoms with Gasteiger partial charge in [0, 0.05) is 35.3 Å². The van der Waals surface area contributed by atoms with E-state index in [4.69, 9.17) is 4.98 Å². The summed E-state index contributed by atoms with van der Waals surface area (Å²) >= 11 is 0. The Labute approximate surface area is 225 Å². The minimum absolute atomic E-state index is 0.0370. The number of benzene rings is 1. The summed E-state index contributed by atoms with van der Waals surface area (Å²) in [6.45, 7) is 9.93. The van der Waals surface area contributed by atoms with Crippen LogP contribution in [0.4, 0.5) is 10.1 Å². The zero-order valence-electron chi connectivity index (χ0n) is 22.1. The summed E-state index contributed by atoms with van der Waals surface area (Å²) in [5.41, 5.74) is 7.08. The number of H-pyrrole nitrogens is 2. The first-order chi connectivity index (χ1) is 18.9. The second-order valence-corrected chi connectivity index (χ2v) is 9.77. The Kier molecular flexibility index (Phi) is 7.23. The van der Waals surface area contributed by atoms with Crippen molar-refractivity contribution in [1.82, 2.24) is 30.5 Å². The van der Waals surface area contributed by atoms with E-state index in [2.05, 4.69) is 37.4 Å². The van der Waals surface area contributed by atoms with Gasteiger partial charge in [0.25, 0.3) is 0 Å². The molecule has 198 valence electrons. The number of aromatic nitrogens is 5. The van der Waals surface area contributed by atoms with Crippen LogP contribution >= 0.6 is 0 Å². The molecule has 0 spiro atoms. The molecule has 0 saturated heterocycles. The molecule has 1 amide bonds. The first-order valence-corrected chi connectivity index (χ1v) is 12.8. The summed E-state index contributed by atoms with van der Waals surface area (Å²) in [7, 11) is 0. The Hall–Kier alpha value is -4.79. The molecule has 1 aliphatic heterocycles. The van der Waals surface area contributed by atoms with Crippen molar-refractivity contribution in [3.05, 3.63) is 90.5 Å². The van der Waals surface area contributed by atoms with Crippen LogP contribution in [-0.4, -0.2) is 31.1 Å². The van der Waals surface area contributed by atoms with Crippen molar-refractivity contribution in [3.8, 4) is 22.6 Å². The highest BCUT2D eigenvalue weighted by atomic mass is 19.1. The van der Waals surface area contributed by atoms with Crippen molar-refractivity contribution >= 4 is 28.1 Å². The molecule has 0 unspecified atom stereocenters. The number of halogens is 1. The number of nitrogens with zero attached hydrogens (tertiary/aromatic N) is 3. The van der Waals surface area contributed by atoms with E-state index < -0.39 is 5.83 Å². The zero-order chi connectivity index (χ0) is 27.5. The second kappa shape index (κ2) is 10.9. The molecule has 0 atom stereocenters. The second-order valence-electron chi connectivity index (χ2n) is 9.77. The van der Waals surface area contributed by atoms with Crippen molar-refractivity contribution in [3.63, 3.8) is 0 Å². The fraction of sp³-hybridized carbons (Fsp3) is 0.200. The summed E-state index contributed by atoms with van der Waals surface area (Å²) in [5.74, 6) is 0.419. The van der Waals surface area contributed by atoms with Crippen LogP contribution < -0.4 is 10.6 Å². The number of hydrogen-bond acceptors (Lipinski definition) is 5. The molecular weight excluding hydrogens is 493 g/mol. The van der Waals surface area contributed by atoms with Gasteiger partial charge >= 0.3 is 0 Å². The molecule has 39 heavy (non-hydrogen) atoms. The summed E-state index contributed by atoms with van der Waals surface area (Å²) in [4.78, 5) is 24.8. The highest BCUT2D eigenvalue weighted by Gasteiger charge is 2.22. The third-order valence-electron chi connectivity index (χ3n) is 6.41. The molecule has 0 bridgehead atoms. The van der Waals surface area contributed by atoms with Gasteiger partial charge in [-0.15, -0.1) is 0 Å². The van der Waals surface area contributed by atoms with Gasteiger partial charge in [0.05, 0.1) is 35.3 Å². The van der Waals surface area contributed by atoms with Crippen molar-refractivity contribution < 1.29 is 9.18 Å². The molecule has 1 aliphatic rings. The fourth-order valence-electron chi connectivity index (χ4n) is 4.56. The van der Waals surface area contributed by atoms with E-state index in [9.17, 15) is 9.18 Å². The van der Waals surface area contributed by atoms with E-state index in [1.54, 1.807) is 12.4 Å². The van der Waals surface area contributed by atoms with Gasteiger partial charge in [-0.1, -0.05) is 32.6 Å². The highest BCUT2D eigenvalue weighted by Crippen LogP contribution is 2.34. The molecule has 3 aromatic heterocycles. The summed E-state index contributed by atoms with van der Waals surface area (Å²) < 4.78 is 14.0. The van der Waals surface area contributed by atoms with Gasteiger partial charge in [0.15, 0.2) is 5.82 Å². The van der Waals surface area contributed by atoms with E-state index >= 15 is 0 Å². The number of carbonyl (C=O) groups excluding carboxylic acids is 1. The quantitative estimate of drug-likeness (QED) is 0.199. The molecule has 0 radical (unpaired) electrons. The number of amides is 1. The maximum atomic E-state index is 14.0. The number of pyridine rings is 1. The third-order valence-corrected chi connectivity index (χ3v) is 6.41. The zero-order valence-corrected chi connectivity index (χ0v) is 22.1. The van der Waals surface area contributed by atoms with Gasteiger partial charge in [-0.05, 0) is 54.3 Å². The highest BCUT2D eigenvalue weighted by molar-refractivity contribution is 5.96. The van der Waals surface area contributed by atoms with Crippen molar-refractivity contribution in [2.75, 3.05) is 5.32 Å². The van der Waals surface area contributed by atoms with Crippen LogP contribution in [0.3, 0.4) is 0 Å². The average molecular weight is 524 g/mol. The Bertz CT molecular complexity index is 1650. The SMILES string of the molecule is C=C/C(F)=C\C(=C/C)C1=CNCc2[nH]c(-c3n[nH]c4ccc(-c5cncc(NC(=O)CC(C)C)c5)cc34)nc21. The van der Waals surface area contributed by atoms with Crippen molar-refractivity contribution in [2.24, 2.45) is 5.92 Å². The Balaban J connectivity index is 1.49. The summed E-state index contributed by atoms with van der Waals surface area (Å²) in [6.07, 6.45) is 10.2. The van der Waals surface area contributed by atoms with Crippen molar-refractivity contribution in [2.45, 2.75) is 33.7 Å². The number of anilines is 1. The van der Waals surface area contributed by atoms with Crippen molar-refractivity contribution in [1.29, 1.82) is 0 Å². The smallest absolute Gasteiger partial charge is 0.224 e. The lowest BCUT2D eigenvalue weighted by Crippen LogP contribution is -2.14. The molecule has 8 nitrogen and oxygen atoms in total. The Morgan fingerprint density at radius 3 is 2.82 bits per heavy atom. The molecule has 0 aliphatic carbocycles. The van der Waals surface area contributed by atoms with E-state index in [0.29, 0.717) is 35.7 Å². The number of carbonyl (C=O) groups is 1. The number of rotatable bonds is 8. The van der Waals surface area contributed by atoms with Crippen LogP contribution in [0.25, 0.3) is 39.1 Å². The Morgan fingerprint density at radius 2 is 2.05 bits per heavy atom. The average Bonchev–Trinajstić information content (AvgIpc) is 3.55. The minimum Gasteiger partial charge on any atom is -0.385 e. The van der Waals surface area contributed by atoms with Gasteiger partial charge in [0.2, 0.25) is 5.91 Å². The summed E-state index contributed by atoms with van der Waals surface area (Å²) in [5, 5.41) is 14.7. The molecule has 4 aromatic rings. The lowest BCUT2D eigenvalue weighted by atomic mass is 9.99. The number of fused-ring (bicyclic) bond motifs is 2. The molecular formula is C30H30FN7O. The minimum atomic E-state index is -0.421. The van der Waals surface area contributed by atoms with Crippen LogP contribution in [0.1, 0.15) is 38.6 Å². The topological polar surface area (TPSA) is 111 Å². The van der Waals surface area contributed by atoms with E-state index in [0.717, 1.165) is 39.0 Å². The number of nitrogens with one attached hydrogen (secondary N) is 4. The number of imidazole rings is 1. The predicted molar refractivity (Wildman–Crippen MR) is 153 cm³/mol. The normalized spacial score (nSPS) is 13.7.